The molecule has 2 aromatic rings. The van der Waals surface area contributed by atoms with Crippen molar-refractivity contribution in [3.8, 4) is 0 Å². The van der Waals surface area contributed by atoms with Gasteiger partial charge in [-0.3, -0.25) is 19.3 Å². The largest absolute Gasteiger partial charge is 0.454 e. The lowest BCUT2D eigenvalue weighted by Crippen LogP contribution is -2.48. The van der Waals surface area contributed by atoms with Gasteiger partial charge in [-0.25, -0.2) is 4.79 Å². The Labute approximate surface area is 192 Å². The normalized spacial score (nSPS) is 26.2. The summed E-state index contributed by atoms with van der Waals surface area (Å²) in [4.78, 5) is 53.2. The van der Waals surface area contributed by atoms with Crippen LogP contribution in [0.5, 0.6) is 0 Å². The number of carbonyl (C=O) groups excluding carboxylic acids is 4. The van der Waals surface area contributed by atoms with Crippen molar-refractivity contribution in [2.75, 3.05) is 11.9 Å². The Balaban J connectivity index is 1.32. The molecular formula is C26H26N2O5. The number of benzene rings is 2. The molecule has 33 heavy (non-hydrogen) atoms. The van der Waals surface area contributed by atoms with Crippen LogP contribution in [0.4, 0.5) is 5.69 Å². The van der Waals surface area contributed by atoms with Gasteiger partial charge in [-0.15, -0.1) is 0 Å². The molecule has 3 amide bonds. The van der Waals surface area contributed by atoms with E-state index in [1.54, 1.807) is 24.3 Å². The van der Waals surface area contributed by atoms with Crippen molar-refractivity contribution in [2.24, 2.45) is 23.7 Å². The van der Waals surface area contributed by atoms with E-state index in [-0.39, 0.29) is 41.9 Å². The van der Waals surface area contributed by atoms with E-state index < -0.39 is 24.5 Å². The molecule has 2 bridgehead atoms. The second-order valence-electron chi connectivity index (χ2n) is 9.16. The van der Waals surface area contributed by atoms with E-state index in [1.807, 2.05) is 36.4 Å². The van der Waals surface area contributed by atoms with E-state index in [9.17, 15) is 19.2 Å². The number of esters is 1. The number of ether oxygens (including phenoxy) is 1. The van der Waals surface area contributed by atoms with Gasteiger partial charge >= 0.3 is 5.97 Å². The summed E-state index contributed by atoms with van der Waals surface area (Å²) in [5.74, 6) is -1.92. The van der Waals surface area contributed by atoms with Gasteiger partial charge in [0.1, 0.15) is 6.04 Å². The molecule has 1 N–H and O–H groups in total. The molecule has 0 spiro atoms. The topological polar surface area (TPSA) is 92.8 Å². The number of likely N-dealkylation sites (tertiary alicyclic amines) is 1. The van der Waals surface area contributed by atoms with Gasteiger partial charge in [0.15, 0.2) is 6.61 Å². The van der Waals surface area contributed by atoms with Gasteiger partial charge in [-0.05, 0) is 48.8 Å². The summed E-state index contributed by atoms with van der Waals surface area (Å²) in [6, 6.07) is 17.0. The Morgan fingerprint density at radius 2 is 1.48 bits per heavy atom. The fourth-order valence-corrected chi connectivity index (χ4v) is 5.81. The maximum atomic E-state index is 13.3. The van der Waals surface area contributed by atoms with Crippen LogP contribution in [0, 0.1) is 23.7 Å². The summed E-state index contributed by atoms with van der Waals surface area (Å²) in [5, 5.41) is 2.66. The minimum absolute atomic E-state index is 0.159. The van der Waals surface area contributed by atoms with Crippen LogP contribution < -0.4 is 5.32 Å². The van der Waals surface area contributed by atoms with Crippen LogP contribution in [0.3, 0.4) is 0 Å². The fourth-order valence-electron chi connectivity index (χ4n) is 5.81. The highest BCUT2D eigenvalue weighted by Gasteiger charge is 2.62. The smallest absolute Gasteiger partial charge is 0.330 e. The lowest BCUT2D eigenvalue weighted by Gasteiger charge is -2.26. The number of para-hydroxylation sites is 1. The monoisotopic (exact) mass is 446 g/mol. The fraction of sp³-hybridized carbons (Fsp3) is 0.385. The quantitative estimate of drug-likeness (QED) is 0.522. The Bertz CT molecular complexity index is 1040. The lowest BCUT2D eigenvalue weighted by molar-refractivity contribution is -0.160. The molecule has 170 valence electrons. The zero-order chi connectivity index (χ0) is 22.9. The molecule has 3 aliphatic rings. The molecule has 1 heterocycles. The number of nitrogens with one attached hydrogen (secondary N) is 1. The van der Waals surface area contributed by atoms with E-state index in [2.05, 4.69) is 5.32 Å². The summed E-state index contributed by atoms with van der Waals surface area (Å²) in [7, 11) is 0. The standard InChI is InChI=1S/C26H26N2O5/c29-21(27-19-9-5-2-6-10-19)15-33-26(32)20(13-16-7-3-1-4-8-16)28-24(30)22-17-11-12-18(14-17)23(22)25(28)31/h1-10,17-18,20,22-23H,11-15H2,(H,27,29)/t17-,18-,20+,22-,23+/m0/s1. The molecule has 2 saturated carbocycles. The minimum atomic E-state index is -1.08. The first-order valence-electron chi connectivity index (χ1n) is 11.5. The van der Waals surface area contributed by atoms with Gasteiger partial charge in [0.2, 0.25) is 11.8 Å². The summed E-state index contributed by atoms with van der Waals surface area (Å²) in [6.07, 6.45) is 3.01. The summed E-state index contributed by atoms with van der Waals surface area (Å²) in [6.45, 7) is -0.493. The summed E-state index contributed by atoms with van der Waals surface area (Å²) in [5.41, 5.74) is 1.40. The number of hydrogen-bond donors (Lipinski definition) is 1. The van der Waals surface area contributed by atoms with Crippen molar-refractivity contribution in [1.82, 2.24) is 4.90 Å². The van der Waals surface area contributed by atoms with E-state index in [0.717, 1.165) is 29.7 Å². The number of anilines is 1. The van der Waals surface area contributed by atoms with E-state index >= 15 is 0 Å². The van der Waals surface area contributed by atoms with E-state index in [0.29, 0.717) is 5.69 Å². The van der Waals surface area contributed by atoms with Crippen molar-refractivity contribution >= 4 is 29.4 Å². The number of imide groups is 1. The highest BCUT2D eigenvalue weighted by atomic mass is 16.5. The second-order valence-corrected chi connectivity index (χ2v) is 9.16. The van der Waals surface area contributed by atoms with E-state index in [1.165, 1.54) is 0 Å². The average molecular weight is 447 g/mol. The lowest BCUT2D eigenvalue weighted by atomic mass is 9.81. The van der Waals surface area contributed by atoms with Crippen LogP contribution in [0.1, 0.15) is 24.8 Å². The van der Waals surface area contributed by atoms with Crippen molar-refractivity contribution in [1.29, 1.82) is 0 Å². The Morgan fingerprint density at radius 3 is 2.09 bits per heavy atom. The maximum Gasteiger partial charge on any atom is 0.330 e. The molecule has 5 atom stereocenters. The highest BCUT2D eigenvalue weighted by Crippen LogP contribution is 2.56. The Kier molecular flexibility index (Phi) is 5.70. The Morgan fingerprint density at radius 1 is 0.909 bits per heavy atom. The number of fused-ring (bicyclic) bond motifs is 5. The van der Waals surface area contributed by atoms with Crippen LogP contribution in [0.25, 0.3) is 0 Å². The molecular weight excluding hydrogens is 420 g/mol. The van der Waals surface area contributed by atoms with Crippen LogP contribution in [-0.2, 0) is 30.3 Å². The molecule has 0 radical (unpaired) electrons. The van der Waals surface area contributed by atoms with Gasteiger partial charge in [0, 0.05) is 12.1 Å². The van der Waals surface area contributed by atoms with Crippen molar-refractivity contribution in [2.45, 2.75) is 31.7 Å². The third kappa shape index (κ3) is 4.03. The van der Waals surface area contributed by atoms with Crippen LogP contribution in [0.2, 0.25) is 0 Å². The maximum absolute atomic E-state index is 13.3. The molecule has 2 aliphatic carbocycles. The number of nitrogens with zero attached hydrogens (tertiary/aromatic N) is 1. The van der Waals surface area contributed by atoms with Crippen molar-refractivity contribution in [3.63, 3.8) is 0 Å². The molecule has 3 fully saturated rings. The van der Waals surface area contributed by atoms with Crippen LogP contribution in [0.15, 0.2) is 60.7 Å². The second kappa shape index (κ2) is 8.81. The first kappa shape index (κ1) is 21.4. The molecule has 7 nitrogen and oxygen atoms in total. The zero-order valence-corrected chi connectivity index (χ0v) is 18.2. The van der Waals surface area contributed by atoms with Gasteiger partial charge in [0.25, 0.3) is 5.91 Å². The van der Waals surface area contributed by atoms with Gasteiger partial charge in [-0.1, -0.05) is 48.5 Å². The first-order valence-corrected chi connectivity index (χ1v) is 11.5. The van der Waals surface area contributed by atoms with Crippen LogP contribution in [-0.4, -0.2) is 41.2 Å². The van der Waals surface area contributed by atoms with Crippen molar-refractivity contribution in [3.05, 3.63) is 66.2 Å². The summed E-state index contributed by atoms with van der Waals surface area (Å²) >= 11 is 0. The third-order valence-corrected chi connectivity index (χ3v) is 7.22. The molecule has 7 heteroatoms. The molecule has 0 unspecified atom stereocenters. The SMILES string of the molecule is O=C(COC(=O)[C@@H](Cc1ccccc1)N1C(=O)[C@@H]2[C@H]3CC[C@@H](C3)[C@@H]2C1=O)Nc1ccccc1. The molecule has 2 aromatic carbocycles. The predicted molar refractivity (Wildman–Crippen MR) is 120 cm³/mol. The molecule has 5 rings (SSSR count). The van der Waals surface area contributed by atoms with Gasteiger partial charge in [-0.2, -0.15) is 0 Å². The molecule has 1 aliphatic heterocycles. The first-order chi connectivity index (χ1) is 16.0. The molecule has 0 aromatic heterocycles. The average Bonchev–Trinajstić information content (AvgIpc) is 3.51. The number of carbonyl (C=O) groups is 4. The van der Waals surface area contributed by atoms with Crippen molar-refractivity contribution < 1.29 is 23.9 Å². The highest BCUT2D eigenvalue weighted by molar-refractivity contribution is 6.08. The number of rotatable bonds is 7. The van der Waals surface area contributed by atoms with E-state index in [4.69, 9.17) is 4.74 Å². The zero-order valence-electron chi connectivity index (χ0n) is 18.2. The molecule has 1 saturated heterocycles. The van der Waals surface area contributed by atoms with Crippen LogP contribution >= 0.6 is 0 Å². The summed E-state index contributed by atoms with van der Waals surface area (Å²) < 4.78 is 5.31. The number of hydrogen-bond acceptors (Lipinski definition) is 5. The third-order valence-electron chi connectivity index (χ3n) is 7.22. The number of amides is 3. The Hall–Kier alpha value is -3.48. The minimum Gasteiger partial charge on any atom is -0.454 e. The van der Waals surface area contributed by atoms with Gasteiger partial charge in [0.05, 0.1) is 11.8 Å². The predicted octanol–water partition coefficient (Wildman–Crippen LogP) is 2.81. The van der Waals surface area contributed by atoms with Gasteiger partial charge < -0.3 is 10.1 Å².